The van der Waals surface area contributed by atoms with Gasteiger partial charge in [0.05, 0.1) is 12.8 Å². The molecule has 0 bridgehead atoms. The van der Waals surface area contributed by atoms with Crippen molar-refractivity contribution in [2.24, 2.45) is 5.92 Å². The third-order valence-electron chi connectivity index (χ3n) is 6.10. The summed E-state index contributed by atoms with van der Waals surface area (Å²) in [6.45, 7) is 4.56. The molecule has 6 heteroatoms. The van der Waals surface area contributed by atoms with Crippen molar-refractivity contribution in [2.75, 3.05) is 25.5 Å². The van der Waals surface area contributed by atoms with Gasteiger partial charge >= 0.3 is 6.03 Å². The minimum atomic E-state index is -0.0642. The summed E-state index contributed by atoms with van der Waals surface area (Å²) >= 11 is 0. The largest absolute Gasteiger partial charge is 0.495 e. The molecule has 0 radical (unpaired) electrons. The summed E-state index contributed by atoms with van der Waals surface area (Å²) in [5.41, 5.74) is 1.81. The maximum atomic E-state index is 12.9. The van der Waals surface area contributed by atoms with Crippen molar-refractivity contribution in [3.63, 3.8) is 0 Å². The summed E-state index contributed by atoms with van der Waals surface area (Å²) in [7, 11) is 1.62. The smallest absolute Gasteiger partial charge is 0.321 e. The third kappa shape index (κ3) is 4.01. The number of amides is 2. The minimum Gasteiger partial charge on any atom is -0.495 e. The van der Waals surface area contributed by atoms with Crippen molar-refractivity contribution in [1.29, 1.82) is 0 Å². The van der Waals surface area contributed by atoms with Gasteiger partial charge in [-0.2, -0.15) is 0 Å². The van der Waals surface area contributed by atoms with E-state index in [2.05, 4.69) is 21.1 Å². The first kappa shape index (κ1) is 18.8. The zero-order valence-corrected chi connectivity index (χ0v) is 16.9. The molecule has 1 aliphatic heterocycles. The quantitative estimate of drug-likeness (QED) is 0.833. The fourth-order valence-electron chi connectivity index (χ4n) is 4.27. The van der Waals surface area contributed by atoms with Gasteiger partial charge in [-0.15, -0.1) is 0 Å². The highest BCUT2D eigenvalue weighted by atomic mass is 16.5. The first-order valence-corrected chi connectivity index (χ1v) is 10.4. The van der Waals surface area contributed by atoms with Crippen LogP contribution in [0.25, 0.3) is 0 Å². The van der Waals surface area contributed by atoms with Crippen molar-refractivity contribution >= 4 is 11.7 Å². The molecule has 1 N–H and O–H groups in total. The Kier molecular flexibility index (Phi) is 5.55. The Labute approximate surface area is 166 Å². The average molecular weight is 383 g/mol. The van der Waals surface area contributed by atoms with Crippen LogP contribution in [0.15, 0.2) is 30.6 Å². The zero-order valence-electron chi connectivity index (χ0n) is 16.9. The van der Waals surface area contributed by atoms with E-state index in [1.807, 2.05) is 36.2 Å². The molecule has 2 aromatic rings. The lowest BCUT2D eigenvalue weighted by Crippen LogP contribution is -2.42. The van der Waals surface area contributed by atoms with Crippen LogP contribution < -0.4 is 10.1 Å². The Hall–Kier alpha value is -2.50. The SMILES string of the molecule is COc1ccc(C)cc1NC(=O)N1CCCC(c2nccn2CC2CCC2)C1. The maximum Gasteiger partial charge on any atom is 0.321 e. The number of nitrogens with zero attached hydrogens (tertiary/aromatic N) is 3. The van der Waals surface area contributed by atoms with Gasteiger partial charge in [0.25, 0.3) is 0 Å². The second-order valence-electron chi connectivity index (χ2n) is 8.15. The summed E-state index contributed by atoms with van der Waals surface area (Å²) in [4.78, 5) is 19.5. The van der Waals surface area contributed by atoms with Gasteiger partial charge in [0.15, 0.2) is 0 Å². The lowest BCUT2D eigenvalue weighted by atomic mass is 9.85. The summed E-state index contributed by atoms with van der Waals surface area (Å²) in [5.74, 6) is 2.92. The van der Waals surface area contributed by atoms with Gasteiger partial charge in [0, 0.05) is 37.9 Å². The Bertz CT molecular complexity index is 828. The van der Waals surface area contributed by atoms with Crippen LogP contribution in [-0.2, 0) is 6.54 Å². The van der Waals surface area contributed by atoms with Crippen LogP contribution in [0.2, 0.25) is 0 Å². The van der Waals surface area contributed by atoms with E-state index >= 15 is 0 Å². The van der Waals surface area contributed by atoms with E-state index in [0.717, 1.165) is 48.9 Å². The van der Waals surface area contributed by atoms with Crippen molar-refractivity contribution < 1.29 is 9.53 Å². The van der Waals surface area contributed by atoms with Crippen LogP contribution >= 0.6 is 0 Å². The van der Waals surface area contributed by atoms with E-state index in [1.165, 1.54) is 19.3 Å². The predicted molar refractivity (Wildman–Crippen MR) is 110 cm³/mol. The topological polar surface area (TPSA) is 59.4 Å². The zero-order chi connectivity index (χ0) is 19.5. The molecule has 1 aromatic carbocycles. The second-order valence-corrected chi connectivity index (χ2v) is 8.15. The van der Waals surface area contributed by atoms with E-state index in [4.69, 9.17) is 4.74 Å². The molecule has 2 aliphatic rings. The van der Waals surface area contributed by atoms with Crippen molar-refractivity contribution in [2.45, 2.75) is 51.5 Å². The molecule has 0 spiro atoms. The number of nitrogens with one attached hydrogen (secondary N) is 1. The monoisotopic (exact) mass is 382 g/mol. The molecular formula is C22H30N4O2. The van der Waals surface area contributed by atoms with Gasteiger partial charge in [-0.25, -0.2) is 9.78 Å². The molecule has 2 heterocycles. The Morgan fingerprint density at radius 3 is 2.89 bits per heavy atom. The lowest BCUT2D eigenvalue weighted by molar-refractivity contribution is 0.189. The first-order chi connectivity index (χ1) is 13.6. The first-order valence-electron chi connectivity index (χ1n) is 10.4. The summed E-state index contributed by atoms with van der Waals surface area (Å²) in [6, 6.07) is 5.75. The van der Waals surface area contributed by atoms with E-state index in [-0.39, 0.29) is 6.03 Å². The number of ether oxygens (including phenoxy) is 1. The van der Waals surface area contributed by atoms with Gasteiger partial charge in [-0.05, 0) is 56.2 Å². The molecule has 1 aliphatic carbocycles. The van der Waals surface area contributed by atoms with Crippen LogP contribution in [0.3, 0.4) is 0 Å². The fraction of sp³-hybridized carbons (Fsp3) is 0.545. The highest BCUT2D eigenvalue weighted by Crippen LogP contribution is 2.32. The number of aromatic nitrogens is 2. The van der Waals surface area contributed by atoms with Gasteiger partial charge in [0.1, 0.15) is 11.6 Å². The van der Waals surface area contributed by atoms with E-state index in [1.54, 1.807) is 7.11 Å². The second kappa shape index (κ2) is 8.25. The van der Waals surface area contributed by atoms with Gasteiger partial charge in [-0.3, -0.25) is 0 Å². The van der Waals surface area contributed by atoms with E-state index in [0.29, 0.717) is 18.2 Å². The molecule has 1 atom stereocenters. The number of aryl methyl sites for hydroxylation is 1. The van der Waals surface area contributed by atoms with E-state index in [9.17, 15) is 4.79 Å². The van der Waals surface area contributed by atoms with Gasteiger partial charge in [0.2, 0.25) is 0 Å². The fourth-order valence-corrected chi connectivity index (χ4v) is 4.27. The molecule has 2 fully saturated rings. The Morgan fingerprint density at radius 1 is 1.29 bits per heavy atom. The number of imidazole rings is 1. The number of hydrogen-bond donors (Lipinski definition) is 1. The maximum absolute atomic E-state index is 12.9. The van der Waals surface area contributed by atoms with Crippen LogP contribution in [0, 0.1) is 12.8 Å². The summed E-state index contributed by atoms with van der Waals surface area (Å²) < 4.78 is 7.71. The minimum absolute atomic E-state index is 0.0642. The highest BCUT2D eigenvalue weighted by Gasteiger charge is 2.29. The lowest BCUT2D eigenvalue weighted by Gasteiger charge is -2.33. The molecule has 1 saturated carbocycles. The number of anilines is 1. The predicted octanol–water partition coefficient (Wildman–Crippen LogP) is 4.41. The van der Waals surface area contributed by atoms with Crippen molar-refractivity contribution in [3.05, 3.63) is 42.0 Å². The molecular weight excluding hydrogens is 352 g/mol. The molecule has 2 amide bonds. The standard InChI is InChI=1S/C22H30N4O2/c1-16-8-9-20(28-2)19(13-16)24-22(27)26-11-4-7-18(15-26)21-23-10-12-25(21)14-17-5-3-6-17/h8-10,12-13,17-18H,3-7,11,14-15H2,1-2H3,(H,24,27). The van der Waals surface area contributed by atoms with Crippen molar-refractivity contribution in [3.8, 4) is 5.75 Å². The van der Waals surface area contributed by atoms with E-state index < -0.39 is 0 Å². The molecule has 28 heavy (non-hydrogen) atoms. The highest BCUT2D eigenvalue weighted by molar-refractivity contribution is 5.91. The number of likely N-dealkylation sites (tertiary alicyclic amines) is 1. The average Bonchev–Trinajstić information content (AvgIpc) is 3.13. The Balaban J connectivity index is 1.43. The molecule has 6 nitrogen and oxygen atoms in total. The van der Waals surface area contributed by atoms with Crippen LogP contribution in [-0.4, -0.2) is 40.7 Å². The molecule has 4 rings (SSSR count). The normalized spacial score (nSPS) is 19.9. The number of benzene rings is 1. The summed E-state index contributed by atoms with van der Waals surface area (Å²) in [5, 5.41) is 3.04. The van der Waals surface area contributed by atoms with Gasteiger partial charge in [-0.1, -0.05) is 12.5 Å². The number of methoxy groups -OCH3 is 1. The molecule has 1 aromatic heterocycles. The van der Waals surface area contributed by atoms with Crippen LogP contribution in [0.1, 0.15) is 49.4 Å². The van der Waals surface area contributed by atoms with Gasteiger partial charge < -0.3 is 19.5 Å². The number of carbonyl (C=O) groups is 1. The van der Waals surface area contributed by atoms with Crippen LogP contribution in [0.4, 0.5) is 10.5 Å². The number of carbonyl (C=O) groups excluding carboxylic acids is 1. The number of rotatable bonds is 5. The van der Waals surface area contributed by atoms with Crippen molar-refractivity contribution in [1.82, 2.24) is 14.5 Å². The Morgan fingerprint density at radius 2 is 2.14 bits per heavy atom. The third-order valence-corrected chi connectivity index (χ3v) is 6.10. The number of hydrogen-bond acceptors (Lipinski definition) is 3. The number of piperidine rings is 1. The molecule has 150 valence electrons. The van der Waals surface area contributed by atoms with Crippen LogP contribution in [0.5, 0.6) is 5.75 Å². The number of urea groups is 1. The summed E-state index contributed by atoms with van der Waals surface area (Å²) in [6.07, 6.45) is 10.1. The molecule has 1 unspecified atom stereocenters. The molecule has 1 saturated heterocycles.